The van der Waals surface area contributed by atoms with Crippen molar-refractivity contribution >= 4 is 12.1 Å². The maximum atomic E-state index is 10.2. The Labute approximate surface area is 50.2 Å². The van der Waals surface area contributed by atoms with Crippen LogP contribution in [0.1, 0.15) is 0 Å². The molecule has 0 saturated carbocycles. The lowest BCUT2D eigenvalue weighted by atomic mass is 10.3. The zero-order valence-corrected chi connectivity index (χ0v) is 4.37. The van der Waals surface area contributed by atoms with Crippen molar-refractivity contribution in [1.82, 2.24) is 0 Å². The van der Waals surface area contributed by atoms with Gasteiger partial charge in [-0.15, -0.1) is 10.0 Å². The van der Waals surface area contributed by atoms with Crippen LogP contribution in [0.15, 0.2) is 10.3 Å². The maximum absolute atomic E-state index is 10.2. The highest BCUT2D eigenvalue weighted by molar-refractivity contribution is 5.96. The van der Waals surface area contributed by atoms with Crippen LogP contribution >= 0.6 is 0 Å². The fraction of sp³-hybridized carbons (Fsp3) is 0.333. The molecule has 0 rings (SSSR count). The second-order valence-electron chi connectivity index (χ2n) is 1.17. The second-order valence-corrected chi connectivity index (χ2v) is 1.17. The predicted molar refractivity (Wildman–Crippen MR) is 28.5 cm³/mol. The zero-order chi connectivity index (χ0) is 7.28. The van der Waals surface area contributed by atoms with Gasteiger partial charge in [0.25, 0.3) is 5.91 Å². The summed E-state index contributed by atoms with van der Waals surface area (Å²) in [5, 5.41) is 11.0. The summed E-state index contributed by atoms with van der Waals surface area (Å²) in [6.07, 6.45) is 0.535. The third-order valence-electron chi connectivity index (χ3n) is 0.635. The Balaban J connectivity index is 4.09. The second kappa shape index (κ2) is 3.53. The third kappa shape index (κ3) is 1.85. The summed E-state index contributed by atoms with van der Waals surface area (Å²) < 4.78 is 0. The van der Waals surface area contributed by atoms with Crippen LogP contribution in [0.25, 0.3) is 0 Å². The van der Waals surface area contributed by atoms with E-state index in [9.17, 15) is 9.70 Å². The summed E-state index contributed by atoms with van der Waals surface area (Å²) in [4.78, 5) is 19.7. The van der Waals surface area contributed by atoms with Crippen LogP contribution in [0.3, 0.4) is 0 Å². The SMILES string of the molecule is N=CC(N=O)C(=O)N=N. The molecule has 0 spiro atoms. The number of nitrogens with zero attached hydrogens (tertiary/aromatic N) is 2. The van der Waals surface area contributed by atoms with Gasteiger partial charge in [0.1, 0.15) is 0 Å². The maximum Gasteiger partial charge on any atom is 0.297 e. The van der Waals surface area contributed by atoms with Crippen LogP contribution in [-0.4, -0.2) is 18.2 Å². The Morgan fingerprint density at radius 1 is 1.67 bits per heavy atom. The van der Waals surface area contributed by atoms with Gasteiger partial charge in [0.15, 0.2) is 0 Å². The molecule has 1 unspecified atom stereocenters. The van der Waals surface area contributed by atoms with E-state index >= 15 is 0 Å². The van der Waals surface area contributed by atoms with Crippen molar-refractivity contribution in [1.29, 1.82) is 10.9 Å². The predicted octanol–water partition coefficient (Wildman–Crippen LogP) is 0.329. The zero-order valence-electron chi connectivity index (χ0n) is 4.37. The smallest absolute Gasteiger partial charge is 0.297 e. The Morgan fingerprint density at radius 2 is 2.22 bits per heavy atom. The van der Waals surface area contributed by atoms with Crippen molar-refractivity contribution < 1.29 is 4.79 Å². The molecule has 0 aromatic rings. The molecular formula is C3H4N4O2. The van der Waals surface area contributed by atoms with Crippen molar-refractivity contribution in [3.8, 4) is 0 Å². The fourth-order valence-corrected chi connectivity index (χ4v) is 0.213. The van der Waals surface area contributed by atoms with E-state index in [2.05, 4.69) is 10.3 Å². The van der Waals surface area contributed by atoms with E-state index in [4.69, 9.17) is 10.9 Å². The molecule has 0 heterocycles. The van der Waals surface area contributed by atoms with Crippen LogP contribution in [-0.2, 0) is 4.79 Å². The van der Waals surface area contributed by atoms with Crippen molar-refractivity contribution in [2.45, 2.75) is 6.04 Å². The Bertz CT molecular complexity index is 146. The fourth-order valence-electron chi connectivity index (χ4n) is 0.213. The lowest BCUT2D eigenvalue weighted by molar-refractivity contribution is -0.118. The number of amides is 1. The number of hydrogen-bond acceptors (Lipinski definition) is 5. The summed E-state index contributed by atoms with van der Waals surface area (Å²) in [6, 6.07) is -1.41. The Kier molecular flexibility index (Phi) is 2.96. The van der Waals surface area contributed by atoms with E-state index in [0.29, 0.717) is 6.21 Å². The molecule has 0 aliphatic rings. The molecule has 6 nitrogen and oxygen atoms in total. The number of carbonyl (C=O) groups is 1. The first-order valence-corrected chi connectivity index (χ1v) is 2.00. The van der Waals surface area contributed by atoms with Gasteiger partial charge in [-0.25, -0.2) is 5.53 Å². The summed E-state index contributed by atoms with van der Waals surface area (Å²) in [7, 11) is 0. The molecule has 48 valence electrons. The third-order valence-corrected chi connectivity index (χ3v) is 0.635. The molecule has 0 radical (unpaired) electrons. The van der Waals surface area contributed by atoms with Crippen LogP contribution in [0.5, 0.6) is 0 Å². The number of rotatable bonds is 3. The molecule has 0 aromatic carbocycles. The molecule has 1 amide bonds. The largest absolute Gasteiger partial charge is 0.310 e. The molecule has 0 aliphatic carbocycles. The lowest BCUT2D eigenvalue weighted by Crippen LogP contribution is -2.15. The van der Waals surface area contributed by atoms with Gasteiger partial charge in [-0.1, -0.05) is 5.18 Å². The molecule has 0 saturated heterocycles. The monoisotopic (exact) mass is 128 g/mol. The van der Waals surface area contributed by atoms with E-state index in [1.165, 1.54) is 0 Å². The van der Waals surface area contributed by atoms with Crippen LogP contribution in [0, 0.1) is 15.8 Å². The quantitative estimate of drug-likeness (QED) is 0.324. The van der Waals surface area contributed by atoms with Crippen LogP contribution in [0.2, 0.25) is 0 Å². The normalized spacial score (nSPS) is 11.6. The number of nitroso groups, excluding NO2 is 1. The summed E-state index contributed by atoms with van der Waals surface area (Å²) >= 11 is 0. The van der Waals surface area contributed by atoms with Gasteiger partial charge in [-0.2, -0.15) is 0 Å². The van der Waals surface area contributed by atoms with Crippen molar-refractivity contribution in [3.05, 3.63) is 4.91 Å². The number of hydrogen-bond donors (Lipinski definition) is 2. The van der Waals surface area contributed by atoms with Gasteiger partial charge in [0.05, 0.1) is 0 Å². The van der Waals surface area contributed by atoms with Gasteiger partial charge >= 0.3 is 0 Å². The van der Waals surface area contributed by atoms with Crippen molar-refractivity contribution in [2.75, 3.05) is 0 Å². The summed E-state index contributed by atoms with van der Waals surface area (Å²) in [6.45, 7) is 0. The minimum absolute atomic E-state index is 0.535. The van der Waals surface area contributed by atoms with Gasteiger partial charge in [0.2, 0.25) is 6.04 Å². The van der Waals surface area contributed by atoms with Gasteiger partial charge in [-0.05, 0) is 0 Å². The summed E-state index contributed by atoms with van der Waals surface area (Å²) in [5.74, 6) is -1.01. The van der Waals surface area contributed by atoms with E-state index in [-0.39, 0.29) is 0 Å². The standard InChI is InChI=1S/C3H4N4O2/c4-1-2(7-9)3(8)6-5/h1-2,4-5H. The number of nitrogens with one attached hydrogen (secondary N) is 2. The first-order chi connectivity index (χ1) is 4.26. The average Bonchev–Trinajstić information content (AvgIpc) is 1.90. The minimum atomic E-state index is -1.41. The van der Waals surface area contributed by atoms with Crippen LogP contribution < -0.4 is 0 Å². The van der Waals surface area contributed by atoms with Crippen molar-refractivity contribution in [3.63, 3.8) is 0 Å². The van der Waals surface area contributed by atoms with Gasteiger partial charge in [0, 0.05) is 6.21 Å². The van der Waals surface area contributed by atoms with E-state index in [1.807, 2.05) is 0 Å². The molecule has 1 atom stereocenters. The topological polar surface area (TPSA) is 107 Å². The molecule has 0 fully saturated rings. The minimum Gasteiger partial charge on any atom is -0.310 e. The van der Waals surface area contributed by atoms with E-state index in [0.717, 1.165) is 0 Å². The molecule has 9 heavy (non-hydrogen) atoms. The molecule has 0 aromatic heterocycles. The molecule has 6 heteroatoms. The molecular weight excluding hydrogens is 124 g/mol. The molecule has 0 aliphatic heterocycles. The Hall–Kier alpha value is -1.46. The van der Waals surface area contributed by atoms with Crippen molar-refractivity contribution in [2.24, 2.45) is 10.3 Å². The first kappa shape index (κ1) is 7.54. The molecule has 2 N–H and O–H groups in total. The van der Waals surface area contributed by atoms with Gasteiger partial charge < -0.3 is 5.41 Å². The van der Waals surface area contributed by atoms with Gasteiger partial charge in [-0.3, -0.25) is 4.79 Å². The highest BCUT2D eigenvalue weighted by atomic mass is 16.3. The van der Waals surface area contributed by atoms with E-state index in [1.54, 1.807) is 0 Å². The first-order valence-electron chi connectivity index (χ1n) is 2.00. The average molecular weight is 128 g/mol. The summed E-state index contributed by atoms with van der Waals surface area (Å²) in [5.41, 5.74) is 6.12. The highest BCUT2D eigenvalue weighted by Gasteiger charge is 2.13. The van der Waals surface area contributed by atoms with Crippen LogP contribution in [0.4, 0.5) is 0 Å². The lowest BCUT2D eigenvalue weighted by Gasteiger charge is -1.89. The Morgan fingerprint density at radius 3 is 2.33 bits per heavy atom. The number of carbonyl (C=O) groups excluding carboxylic acids is 1. The van der Waals surface area contributed by atoms with E-state index < -0.39 is 11.9 Å². The molecule has 0 bridgehead atoms. The highest BCUT2D eigenvalue weighted by Crippen LogP contribution is 1.88.